The van der Waals surface area contributed by atoms with Crippen molar-refractivity contribution in [2.45, 2.75) is 252 Å². The molecule has 0 unspecified atom stereocenters. The molecule has 0 aliphatic rings. The number of allylic oxidation sites excluding steroid dienone is 10. The van der Waals surface area contributed by atoms with Gasteiger partial charge >= 0.3 is 17.9 Å². The first-order valence-corrected chi connectivity index (χ1v) is 25.3. The first-order chi connectivity index (χ1) is 29.5. The summed E-state index contributed by atoms with van der Waals surface area (Å²) < 4.78 is 16.7. The molecular weight excluding hydrogens is 745 g/mol. The van der Waals surface area contributed by atoms with Gasteiger partial charge in [0.25, 0.3) is 0 Å². The second-order valence-corrected chi connectivity index (χ2v) is 16.7. The van der Waals surface area contributed by atoms with Gasteiger partial charge in [0.15, 0.2) is 6.10 Å². The fourth-order valence-electron chi connectivity index (χ4n) is 7.00. The van der Waals surface area contributed by atoms with Gasteiger partial charge in [-0.3, -0.25) is 14.4 Å². The largest absolute Gasteiger partial charge is 0.462 e. The summed E-state index contributed by atoms with van der Waals surface area (Å²) in [6.07, 6.45) is 59.1. The third-order valence-corrected chi connectivity index (χ3v) is 10.8. The van der Waals surface area contributed by atoms with E-state index in [2.05, 4.69) is 81.5 Å². The highest BCUT2D eigenvalue weighted by atomic mass is 16.6. The van der Waals surface area contributed by atoms with Crippen LogP contribution in [0.15, 0.2) is 60.8 Å². The molecule has 1 atom stereocenters. The van der Waals surface area contributed by atoms with Crippen molar-refractivity contribution in [1.82, 2.24) is 0 Å². The molecule has 346 valence electrons. The van der Waals surface area contributed by atoms with Crippen molar-refractivity contribution in [2.24, 2.45) is 0 Å². The Hall–Kier alpha value is -2.89. The average molecular weight is 839 g/mol. The molecule has 0 aliphatic carbocycles. The Bertz CT molecular complexity index is 1100. The molecule has 60 heavy (non-hydrogen) atoms. The van der Waals surface area contributed by atoms with E-state index in [1.165, 1.54) is 109 Å². The van der Waals surface area contributed by atoms with Gasteiger partial charge in [0.1, 0.15) is 13.2 Å². The Morgan fingerprint density at radius 1 is 0.350 bits per heavy atom. The van der Waals surface area contributed by atoms with E-state index >= 15 is 0 Å². The number of carbonyl (C=O) groups excluding carboxylic acids is 3. The van der Waals surface area contributed by atoms with Gasteiger partial charge in [-0.25, -0.2) is 0 Å². The van der Waals surface area contributed by atoms with Crippen molar-refractivity contribution in [1.29, 1.82) is 0 Å². The maximum Gasteiger partial charge on any atom is 0.306 e. The first kappa shape index (κ1) is 57.1. The minimum atomic E-state index is -0.782. The summed E-state index contributed by atoms with van der Waals surface area (Å²) in [4.78, 5) is 37.9. The van der Waals surface area contributed by atoms with Crippen LogP contribution in [0.25, 0.3) is 0 Å². The molecule has 0 radical (unpaired) electrons. The monoisotopic (exact) mass is 839 g/mol. The number of unbranched alkanes of at least 4 members (excludes halogenated alkanes) is 24. The zero-order chi connectivity index (χ0) is 43.7. The summed E-state index contributed by atoms with van der Waals surface area (Å²) in [7, 11) is 0. The number of esters is 3. The van der Waals surface area contributed by atoms with Gasteiger partial charge in [0.2, 0.25) is 0 Å². The second kappa shape index (κ2) is 48.8. The molecule has 0 spiro atoms. The van der Waals surface area contributed by atoms with Crippen molar-refractivity contribution < 1.29 is 28.6 Å². The van der Waals surface area contributed by atoms with E-state index in [1.807, 2.05) is 0 Å². The van der Waals surface area contributed by atoms with E-state index in [1.54, 1.807) is 0 Å². The third kappa shape index (κ3) is 46.2. The lowest BCUT2D eigenvalue weighted by molar-refractivity contribution is -0.167. The quantitative estimate of drug-likeness (QED) is 0.0263. The maximum atomic E-state index is 12.8. The van der Waals surface area contributed by atoms with Crippen molar-refractivity contribution in [3.63, 3.8) is 0 Å². The third-order valence-electron chi connectivity index (χ3n) is 10.8. The van der Waals surface area contributed by atoms with Crippen LogP contribution in [0.3, 0.4) is 0 Å². The van der Waals surface area contributed by atoms with Crippen LogP contribution in [-0.2, 0) is 28.6 Å². The van der Waals surface area contributed by atoms with E-state index < -0.39 is 6.10 Å². The van der Waals surface area contributed by atoms with Gasteiger partial charge in [0.05, 0.1) is 0 Å². The predicted octanol–water partition coefficient (Wildman–Crippen LogP) is 16.5. The van der Waals surface area contributed by atoms with Crippen LogP contribution in [0.4, 0.5) is 0 Å². The highest BCUT2D eigenvalue weighted by Gasteiger charge is 2.19. The lowest BCUT2D eigenvalue weighted by atomic mass is 10.0. The molecule has 0 aliphatic heterocycles. The summed E-state index contributed by atoms with van der Waals surface area (Å²) >= 11 is 0. The molecule has 0 heterocycles. The second-order valence-electron chi connectivity index (χ2n) is 16.7. The number of rotatable bonds is 45. The fraction of sp³-hybridized carbons (Fsp3) is 0.759. The highest BCUT2D eigenvalue weighted by Crippen LogP contribution is 2.15. The molecule has 0 aromatic heterocycles. The lowest BCUT2D eigenvalue weighted by Crippen LogP contribution is -2.30. The zero-order valence-corrected chi connectivity index (χ0v) is 39.5. The molecule has 6 heteroatoms. The van der Waals surface area contributed by atoms with Gasteiger partial charge in [-0.2, -0.15) is 0 Å². The van der Waals surface area contributed by atoms with Crippen molar-refractivity contribution >= 4 is 17.9 Å². The lowest BCUT2D eigenvalue weighted by Gasteiger charge is -2.18. The van der Waals surface area contributed by atoms with Crippen LogP contribution in [0, 0.1) is 0 Å². The Morgan fingerprint density at radius 2 is 0.650 bits per heavy atom. The normalized spacial score (nSPS) is 12.5. The van der Waals surface area contributed by atoms with Crippen LogP contribution in [0.5, 0.6) is 0 Å². The minimum Gasteiger partial charge on any atom is -0.462 e. The van der Waals surface area contributed by atoms with E-state index in [4.69, 9.17) is 14.2 Å². The SMILES string of the molecule is CC/C=C\C/C=C\C/C=C\C/C=C\C/C=C\CCCCCC(=O)OC[C@@H](COC(=O)CCCCCCCCCCCCC)OC(=O)CCCCCCCCCCCCCC. The average Bonchev–Trinajstić information content (AvgIpc) is 3.24. The van der Waals surface area contributed by atoms with Crippen molar-refractivity contribution in [3.8, 4) is 0 Å². The van der Waals surface area contributed by atoms with Gasteiger partial charge in [-0.15, -0.1) is 0 Å². The molecule has 6 nitrogen and oxygen atoms in total. The molecule has 0 aromatic rings. The zero-order valence-electron chi connectivity index (χ0n) is 39.5. The molecule has 0 saturated heterocycles. The van der Waals surface area contributed by atoms with Crippen molar-refractivity contribution in [2.75, 3.05) is 13.2 Å². The van der Waals surface area contributed by atoms with E-state index in [9.17, 15) is 14.4 Å². The van der Waals surface area contributed by atoms with Crippen LogP contribution in [0.1, 0.15) is 245 Å². The smallest absolute Gasteiger partial charge is 0.306 e. The van der Waals surface area contributed by atoms with Gasteiger partial charge in [-0.05, 0) is 64.2 Å². The molecule has 0 rings (SSSR count). The molecule has 0 saturated carbocycles. The van der Waals surface area contributed by atoms with Crippen LogP contribution in [0.2, 0.25) is 0 Å². The molecule has 0 aromatic carbocycles. The standard InChI is InChI=1S/C54H94O6/c1-4-7-10-13-16-19-22-24-25-26-27-28-29-30-33-35-38-41-44-47-53(56)59-50-51(49-58-52(55)46-43-40-37-34-31-21-18-15-12-9-6-3)60-54(57)48-45-42-39-36-32-23-20-17-14-11-8-5-2/h7,10,16,19,24-25,27-28,30,33,51H,4-6,8-9,11-15,17-18,20-23,26,29,31-32,34-50H2,1-3H3/b10-7-,19-16-,25-24-,28-27-,33-30-/t51-/m1/s1. The Kier molecular flexibility index (Phi) is 46.4. The van der Waals surface area contributed by atoms with E-state index in [0.29, 0.717) is 19.3 Å². The molecular formula is C54H94O6. The summed E-state index contributed by atoms with van der Waals surface area (Å²) in [5.41, 5.74) is 0. The topological polar surface area (TPSA) is 78.9 Å². The predicted molar refractivity (Wildman–Crippen MR) is 256 cm³/mol. The summed E-state index contributed by atoms with van der Waals surface area (Å²) in [6.45, 7) is 6.49. The Balaban J connectivity index is 4.39. The van der Waals surface area contributed by atoms with E-state index in [-0.39, 0.29) is 31.1 Å². The highest BCUT2D eigenvalue weighted by molar-refractivity contribution is 5.71. The van der Waals surface area contributed by atoms with Crippen LogP contribution >= 0.6 is 0 Å². The summed E-state index contributed by atoms with van der Waals surface area (Å²) in [5, 5.41) is 0. The maximum absolute atomic E-state index is 12.8. The van der Waals surface area contributed by atoms with Crippen molar-refractivity contribution in [3.05, 3.63) is 60.8 Å². The van der Waals surface area contributed by atoms with E-state index in [0.717, 1.165) is 96.3 Å². The van der Waals surface area contributed by atoms with Gasteiger partial charge in [0, 0.05) is 19.3 Å². The summed E-state index contributed by atoms with van der Waals surface area (Å²) in [6, 6.07) is 0. The summed E-state index contributed by atoms with van der Waals surface area (Å²) in [5.74, 6) is -0.912. The minimum absolute atomic E-state index is 0.0818. The fourth-order valence-corrected chi connectivity index (χ4v) is 7.00. The molecule has 0 N–H and O–H groups in total. The Morgan fingerprint density at radius 3 is 1.02 bits per heavy atom. The first-order valence-electron chi connectivity index (χ1n) is 25.3. The van der Waals surface area contributed by atoms with Gasteiger partial charge < -0.3 is 14.2 Å². The molecule has 0 amide bonds. The number of carbonyl (C=O) groups is 3. The molecule has 0 fully saturated rings. The number of hydrogen-bond donors (Lipinski definition) is 0. The van der Waals surface area contributed by atoms with Gasteiger partial charge in [-0.1, -0.05) is 223 Å². The van der Waals surface area contributed by atoms with Crippen LogP contribution in [-0.4, -0.2) is 37.2 Å². The van der Waals surface area contributed by atoms with Crippen LogP contribution < -0.4 is 0 Å². The number of ether oxygens (including phenoxy) is 3. The molecule has 0 bridgehead atoms. The Labute approximate surface area is 370 Å². The number of hydrogen-bond acceptors (Lipinski definition) is 6.